The predicted molar refractivity (Wildman–Crippen MR) is 70.4 cm³/mol. The van der Waals surface area contributed by atoms with Crippen molar-refractivity contribution in [3.8, 4) is 0 Å². The van der Waals surface area contributed by atoms with Crippen molar-refractivity contribution in [1.82, 2.24) is 4.72 Å². The van der Waals surface area contributed by atoms with Gasteiger partial charge in [-0.1, -0.05) is 39.0 Å². The molecule has 0 radical (unpaired) electrons. The molecule has 4 nitrogen and oxygen atoms in total. The molecule has 0 aliphatic carbocycles. The highest BCUT2D eigenvalue weighted by Crippen LogP contribution is 2.13. The first kappa shape index (κ1) is 14.7. The van der Waals surface area contributed by atoms with E-state index in [9.17, 15) is 13.2 Å². The van der Waals surface area contributed by atoms with E-state index in [4.69, 9.17) is 0 Å². The van der Waals surface area contributed by atoms with Crippen molar-refractivity contribution in [2.75, 3.05) is 0 Å². The first-order valence-corrected chi connectivity index (χ1v) is 7.43. The number of hydrogen-bond acceptors (Lipinski definition) is 3. The SMILES string of the molecule is CC(C)CC(C)C(=O)NS(=O)(=O)c1ccccc1. The molecule has 0 fully saturated rings. The van der Waals surface area contributed by atoms with Crippen LogP contribution in [0, 0.1) is 11.8 Å². The molecule has 1 N–H and O–H groups in total. The minimum Gasteiger partial charge on any atom is -0.274 e. The molecule has 1 aromatic rings. The fraction of sp³-hybridized carbons (Fsp3) is 0.462. The van der Waals surface area contributed by atoms with Gasteiger partial charge in [0, 0.05) is 5.92 Å². The van der Waals surface area contributed by atoms with Crippen molar-refractivity contribution in [2.45, 2.75) is 32.1 Å². The maximum absolute atomic E-state index is 11.9. The van der Waals surface area contributed by atoms with Crippen molar-refractivity contribution in [3.63, 3.8) is 0 Å². The van der Waals surface area contributed by atoms with Gasteiger partial charge in [-0.25, -0.2) is 13.1 Å². The lowest BCUT2D eigenvalue weighted by molar-refractivity contribution is -0.123. The molecule has 0 aromatic heterocycles. The Morgan fingerprint density at radius 1 is 1.17 bits per heavy atom. The van der Waals surface area contributed by atoms with Gasteiger partial charge in [-0.15, -0.1) is 0 Å². The summed E-state index contributed by atoms with van der Waals surface area (Å²) in [6, 6.07) is 7.89. The Kier molecular flexibility index (Phi) is 4.90. The topological polar surface area (TPSA) is 63.2 Å². The average Bonchev–Trinajstić information content (AvgIpc) is 2.28. The third kappa shape index (κ3) is 4.14. The van der Waals surface area contributed by atoms with E-state index in [0.717, 1.165) is 0 Å². The highest BCUT2D eigenvalue weighted by atomic mass is 32.2. The second-order valence-corrected chi connectivity index (χ2v) is 6.50. The van der Waals surface area contributed by atoms with Gasteiger partial charge in [0.05, 0.1) is 4.90 Å². The number of carbonyl (C=O) groups is 1. The summed E-state index contributed by atoms with van der Waals surface area (Å²) in [5.41, 5.74) is 0. The molecule has 0 heterocycles. The first-order chi connectivity index (χ1) is 8.33. The number of amides is 1. The van der Waals surface area contributed by atoms with Crippen molar-refractivity contribution >= 4 is 15.9 Å². The van der Waals surface area contributed by atoms with Crippen LogP contribution in [0.4, 0.5) is 0 Å². The van der Waals surface area contributed by atoms with E-state index in [1.54, 1.807) is 25.1 Å². The standard InChI is InChI=1S/C13H19NO3S/c1-10(2)9-11(3)13(15)14-18(16,17)12-7-5-4-6-8-12/h4-8,10-11H,9H2,1-3H3,(H,14,15). The van der Waals surface area contributed by atoms with Crippen LogP contribution < -0.4 is 4.72 Å². The summed E-state index contributed by atoms with van der Waals surface area (Å²) in [6.45, 7) is 5.72. The van der Waals surface area contributed by atoms with Crippen LogP contribution in [-0.2, 0) is 14.8 Å². The zero-order valence-electron chi connectivity index (χ0n) is 10.9. The van der Waals surface area contributed by atoms with Gasteiger partial charge in [0.25, 0.3) is 10.0 Å². The summed E-state index contributed by atoms with van der Waals surface area (Å²) in [4.78, 5) is 11.9. The second-order valence-electron chi connectivity index (χ2n) is 4.81. The van der Waals surface area contributed by atoms with E-state index >= 15 is 0 Å². The van der Waals surface area contributed by atoms with Crippen LogP contribution in [0.2, 0.25) is 0 Å². The van der Waals surface area contributed by atoms with Gasteiger partial charge in [0.2, 0.25) is 5.91 Å². The maximum Gasteiger partial charge on any atom is 0.264 e. The minimum atomic E-state index is -3.74. The molecular weight excluding hydrogens is 250 g/mol. The van der Waals surface area contributed by atoms with Crippen molar-refractivity contribution in [2.24, 2.45) is 11.8 Å². The summed E-state index contributed by atoms with van der Waals surface area (Å²) < 4.78 is 25.9. The number of nitrogens with one attached hydrogen (secondary N) is 1. The molecule has 0 aliphatic heterocycles. The molecule has 0 spiro atoms. The fourth-order valence-electron chi connectivity index (χ4n) is 1.71. The van der Waals surface area contributed by atoms with Gasteiger partial charge >= 0.3 is 0 Å². The van der Waals surface area contributed by atoms with E-state index in [1.807, 2.05) is 13.8 Å². The highest BCUT2D eigenvalue weighted by Gasteiger charge is 2.21. The fourth-order valence-corrected chi connectivity index (χ4v) is 2.81. The quantitative estimate of drug-likeness (QED) is 0.891. The van der Waals surface area contributed by atoms with Crippen LogP contribution in [0.1, 0.15) is 27.2 Å². The van der Waals surface area contributed by atoms with Gasteiger partial charge in [-0.05, 0) is 24.5 Å². The lowest BCUT2D eigenvalue weighted by atomic mass is 9.99. The monoisotopic (exact) mass is 269 g/mol. The molecule has 1 amide bonds. The molecule has 1 unspecified atom stereocenters. The maximum atomic E-state index is 11.9. The first-order valence-electron chi connectivity index (χ1n) is 5.94. The van der Waals surface area contributed by atoms with E-state index in [2.05, 4.69) is 4.72 Å². The van der Waals surface area contributed by atoms with Crippen LogP contribution in [0.5, 0.6) is 0 Å². The molecule has 0 saturated heterocycles. The van der Waals surface area contributed by atoms with Crippen molar-refractivity contribution in [3.05, 3.63) is 30.3 Å². The minimum absolute atomic E-state index is 0.107. The molecule has 5 heteroatoms. The summed E-state index contributed by atoms with van der Waals surface area (Å²) in [5, 5.41) is 0. The molecule has 1 atom stereocenters. The summed E-state index contributed by atoms with van der Waals surface area (Å²) in [5.74, 6) is -0.416. The third-order valence-corrected chi connectivity index (χ3v) is 3.92. The number of hydrogen-bond donors (Lipinski definition) is 1. The molecule has 0 saturated carbocycles. The molecule has 1 aromatic carbocycles. The number of rotatable bonds is 5. The summed E-state index contributed by atoms with van der Waals surface area (Å²) in [6.07, 6.45) is 0.663. The Morgan fingerprint density at radius 2 is 1.72 bits per heavy atom. The summed E-state index contributed by atoms with van der Waals surface area (Å²) in [7, 11) is -3.74. The Bertz CT molecular complexity index is 494. The number of benzene rings is 1. The normalized spacial score (nSPS) is 13.3. The molecule has 1 rings (SSSR count). The van der Waals surface area contributed by atoms with E-state index in [0.29, 0.717) is 12.3 Å². The molecule has 0 aliphatic rings. The van der Waals surface area contributed by atoms with Crippen LogP contribution in [0.25, 0.3) is 0 Å². The largest absolute Gasteiger partial charge is 0.274 e. The molecule has 100 valence electrons. The number of sulfonamides is 1. The zero-order chi connectivity index (χ0) is 13.8. The Labute approximate surface area is 108 Å². The molecule has 18 heavy (non-hydrogen) atoms. The zero-order valence-corrected chi connectivity index (χ0v) is 11.7. The molecule has 0 bridgehead atoms. The average molecular weight is 269 g/mol. The second kappa shape index (κ2) is 6.00. The third-order valence-electron chi connectivity index (χ3n) is 2.56. The highest BCUT2D eigenvalue weighted by molar-refractivity contribution is 7.90. The van der Waals surface area contributed by atoms with Crippen LogP contribution in [-0.4, -0.2) is 14.3 Å². The molecular formula is C13H19NO3S. The lowest BCUT2D eigenvalue weighted by Gasteiger charge is -2.14. The van der Waals surface area contributed by atoms with E-state index in [-0.39, 0.29) is 10.8 Å². The van der Waals surface area contributed by atoms with Gasteiger partial charge in [0.1, 0.15) is 0 Å². The Hall–Kier alpha value is -1.36. The van der Waals surface area contributed by atoms with Gasteiger partial charge < -0.3 is 0 Å². The Balaban J connectivity index is 2.76. The van der Waals surface area contributed by atoms with Crippen molar-refractivity contribution < 1.29 is 13.2 Å². The van der Waals surface area contributed by atoms with Gasteiger partial charge in [0.15, 0.2) is 0 Å². The van der Waals surface area contributed by atoms with Gasteiger partial charge in [-0.2, -0.15) is 0 Å². The Morgan fingerprint density at radius 3 is 2.22 bits per heavy atom. The predicted octanol–water partition coefficient (Wildman–Crippen LogP) is 2.17. The van der Waals surface area contributed by atoms with Crippen LogP contribution in [0.3, 0.4) is 0 Å². The van der Waals surface area contributed by atoms with Crippen LogP contribution in [0.15, 0.2) is 35.2 Å². The van der Waals surface area contributed by atoms with Gasteiger partial charge in [-0.3, -0.25) is 4.79 Å². The van der Waals surface area contributed by atoms with Crippen molar-refractivity contribution in [1.29, 1.82) is 0 Å². The lowest BCUT2D eigenvalue weighted by Crippen LogP contribution is -2.35. The number of carbonyl (C=O) groups excluding carboxylic acids is 1. The smallest absolute Gasteiger partial charge is 0.264 e. The van der Waals surface area contributed by atoms with E-state index in [1.165, 1.54) is 12.1 Å². The summed E-state index contributed by atoms with van der Waals surface area (Å²) >= 11 is 0. The van der Waals surface area contributed by atoms with E-state index < -0.39 is 15.9 Å². The van der Waals surface area contributed by atoms with Crippen LogP contribution >= 0.6 is 0 Å².